The molecule has 3 rings (SSSR count). The fraction of sp³-hybridized carbons (Fsp3) is 0.278. The first kappa shape index (κ1) is 18.7. The molecule has 128 valence electrons. The lowest BCUT2D eigenvalue weighted by molar-refractivity contribution is -0.120. The van der Waals surface area contributed by atoms with E-state index in [0.29, 0.717) is 6.54 Å². The zero-order valence-electron chi connectivity index (χ0n) is 13.0. The van der Waals surface area contributed by atoms with Crippen LogP contribution in [0.1, 0.15) is 22.7 Å². The van der Waals surface area contributed by atoms with Crippen LogP contribution in [-0.4, -0.2) is 19.0 Å². The Morgan fingerprint density at radius 3 is 2.83 bits per heavy atom. The number of amides is 1. The highest BCUT2D eigenvalue weighted by Crippen LogP contribution is 2.22. The summed E-state index contributed by atoms with van der Waals surface area (Å²) in [6, 6.07) is 12.7. The molecular formula is C18H19Cl2FN2O. The van der Waals surface area contributed by atoms with E-state index in [0.717, 1.165) is 13.0 Å². The second-order valence-electron chi connectivity index (χ2n) is 5.64. The topological polar surface area (TPSA) is 41.1 Å². The van der Waals surface area contributed by atoms with Crippen LogP contribution in [0.4, 0.5) is 4.39 Å². The van der Waals surface area contributed by atoms with Gasteiger partial charge in [-0.25, -0.2) is 4.39 Å². The van der Waals surface area contributed by atoms with Crippen molar-refractivity contribution in [2.75, 3.05) is 13.1 Å². The first-order valence-electron chi connectivity index (χ1n) is 7.66. The van der Waals surface area contributed by atoms with E-state index in [1.807, 2.05) is 12.1 Å². The number of benzene rings is 2. The van der Waals surface area contributed by atoms with Crippen LogP contribution >= 0.6 is 24.0 Å². The molecule has 2 aromatic carbocycles. The molecule has 1 amide bonds. The Kier molecular flexibility index (Phi) is 6.60. The van der Waals surface area contributed by atoms with Crippen LogP contribution in [0.25, 0.3) is 0 Å². The normalized spacial score (nSPS) is 16.0. The van der Waals surface area contributed by atoms with Gasteiger partial charge in [-0.2, -0.15) is 0 Å². The van der Waals surface area contributed by atoms with Crippen LogP contribution in [0.5, 0.6) is 0 Å². The molecule has 0 aliphatic carbocycles. The van der Waals surface area contributed by atoms with Crippen molar-refractivity contribution in [3.63, 3.8) is 0 Å². The molecule has 1 heterocycles. The summed E-state index contributed by atoms with van der Waals surface area (Å²) in [5.41, 5.74) is 2.76. The molecular weight excluding hydrogens is 350 g/mol. The number of hydrogen-bond donors (Lipinski definition) is 2. The molecule has 0 spiro atoms. The van der Waals surface area contributed by atoms with Crippen molar-refractivity contribution in [2.45, 2.75) is 18.9 Å². The van der Waals surface area contributed by atoms with Crippen LogP contribution in [0.15, 0.2) is 42.5 Å². The van der Waals surface area contributed by atoms with E-state index in [1.165, 1.54) is 23.3 Å². The number of rotatable bonds is 4. The molecule has 1 atom stereocenters. The number of halogens is 3. The fourth-order valence-electron chi connectivity index (χ4n) is 2.92. The van der Waals surface area contributed by atoms with Crippen LogP contribution in [0.2, 0.25) is 5.02 Å². The Morgan fingerprint density at radius 2 is 2.04 bits per heavy atom. The van der Waals surface area contributed by atoms with Crippen LogP contribution in [-0.2, 0) is 17.6 Å². The van der Waals surface area contributed by atoms with Gasteiger partial charge in [0.15, 0.2) is 0 Å². The second-order valence-corrected chi connectivity index (χ2v) is 6.04. The van der Waals surface area contributed by atoms with Gasteiger partial charge in [0.2, 0.25) is 5.91 Å². The van der Waals surface area contributed by atoms with E-state index >= 15 is 0 Å². The van der Waals surface area contributed by atoms with E-state index in [9.17, 15) is 9.18 Å². The Hall–Kier alpha value is -1.62. The van der Waals surface area contributed by atoms with Gasteiger partial charge in [-0.1, -0.05) is 41.9 Å². The summed E-state index contributed by atoms with van der Waals surface area (Å²) in [5, 5.41) is 6.55. The predicted molar refractivity (Wildman–Crippen MR) is 96.3 cm³/mol. The molecule has 24 heavy (non-hydrogen) atoms. The molecule has 3 nitrogen and oxygen atoms in total. The molecule has 1 unspecified atom stereocenters. The van der Waals surface area contributed by atoms with Crippen molar-refractivity contribution in [3.8, 4) is 0 Å². The van der Waals surface area contributed by atoms with Crippen molar-refractivity contribution in [1.29, 1.82) is 0 Å². The summed E-state index contributed by atoms with van der Waals surface area (Å²) in [5.74, 6) is -0.685. The largest absolute Gasteiger partial charge is 0.354 e. The number of hydrogen-bond acceptors (Lipinski definition) is 2. The van der Waals surface area contributed by atoms with E-state index in [1.54, 1.807) is 6.07 Å². The van der Waals surface area contributed by atoms with Crippen LogP contribution in [0.3, 0.4) is 0 Å². The molecule has 0 saturated carbocycles. The summed E-state index contributed by atoms with van der Waals surface area (Å²) >= 11 is 5.96. The van der Waals surface area contributed by atoms with Gasteiger partial charge < -0.3 is 10.6 Å². The Morgan fingerprint density at radius 1 is 1.25 bits per heavy atom. The van der Waals surface area contributed by atoms with Crippen LogP contribution < -0.4 is 10.6 Å². The monoisotopic (exact) mass is 368 g/mol. The molecule has 0 fully saturated rings. The van der Waals surface area contributed by atoms with Crippen molar-refractivity contribution in [1.82, 2.24) is 10.6 Å². The van der Waals surface area contributed by atoms with Gasteiger partial charge >= 0.3 is 0 Å². The summed E-state index contributed by atoms with van der Waals surface area (Å²) in [6.07, 6.45) is 0.936. The van der Waals surface area contributed by atoms with Gasteiger partial charge in [-0.15, -0.1) is 12.4 Å². The lowest BCUT2D eigenvalue weighted by Gasteiger charge is -2.27. The van der Waals surface area contributed by atoms with Crippen molar-refractivity contribution in [2.24, 2.45) is 0 Å². The lowest BCUT2D eigenvalue weighted by atomic mass is 9.94. The minimum atomic E-state index is -0.450. The zero-order valence-corrected chi connectivity index (χ0v) is 14.6. The highest BCUT2D eigenvalue weighted by Gasteiger charge is 2.20. The first-order chi connectivity index (χ1) is 11.1. The third-order valence-electron chi connectivity index (χ3n) is 4.12. The molecule has 1 aliphatic rings. The third kappa shape index (κ3) is 4.26. The van der Waals surface area contributed by atoms with Gasteiger partial charge in [0.05, 0.1) is 6.42 Å². The molecule has 0 radical (unpaired) electrons. The zero-order chi connectivity index (χ0) is 16.2. The average molecular weight is 369 g/mol. The molecule has 0 saturated heterocycles. The van der Waals surface area contributed by atoms with Gasteiger partial charge in [0.1, 0.15) is 5.82 Å². The maximum absolute atomic E-state index is 13.7. The van der Waals surface area contributed by atoms with Gasteiger partial charge in [0.25, 0.3) is 0 Å². The molecule has 1 aliphatic heterocycles. The van der Waals surface area contributed by atoms with E-state index in [-0.39, 0.29) is 41.4 Å². The van der Waals surface area contributed by atoms with Crippen molar-refractivity contribution >= 4 is 29.9 Å². The molecule has 0 bridgehead atoms. The maximum Gasteiger partial charge on any atom is 0.224 e. The Labute approximate surface area is 152 Å². The van der Waals surface area contributed by atoms with E-state index in [2.05, 4.69) is 22.8 Å². The maximum atomic E-state index is 13.7. The fourth-order valence-corrected chi connectivity index (χ4v) is 3.14. The number of nitrogens with one attached hydrogen (secondary N) is 2. The van der Waals surface area contributed by atoms with Crippen LogP contribution in [0, 0.1) is 5.82 Å². The lowest BCUT2D eigenvalue weighted by Crippen LogP contribution is -2.39. The van der Waals surface area contributed by atoms with Crippen molar-refractivity contribution in [3.05, 3.63) is 70.0 Å². The summed E-state index contributed by atoms with van der Waals surface area (Å²) in [4.78, 5) is 12.1. The third-order valence-corrected chi connectivity index (χ3v) is 4.47. The molecule has 2 N–H and O–H groups in total. The van der Waals surface area contributed by atoms with Gasteiger partial charge in [-0.05, 0) is 36.2 Å². The predicted octanol–water partition coefficient (Wildman–Crippen LogP) is 3.45. The smallest absolute Gasteiger partial charge is 0.224 e. The SMILES string of the molecule is Cl.O=C(Cc1c(F)cccc1Cl)NCC1NCCc2ccccc21. The van der Waals surface area contributed by atoms with Gasteiger partial charge in [-0.3, -0.25) is 4.79 Å². The highest BCUT2D eigenvalue weighted by molar-refractivity contribution is 6.31. The van der Waals surface area contributed by atoms with E-state index < -0.39 is 5.82 Å². The minimum absolute atomic E-state index is 0. The van der Waals surface area contributed by atoms with Crippen molar-refractivity contribution < 1.29 is 9.18 Å². The van der Waals surface area contributed by atoms with E-state index in [4.69, 9.17) is 11.6 Å². The standard InChI is InChI=1S/C18H18ClFN2O.ClH/c19-15-6-3-7-16(20)14(15)10-18(23)22-11-17-13-5-2-1-4-12(13)8-9-21-17;/h1-7,17,21H,8-11H2,(H,22,23);1H. The second kappa shape index (κ2) is 8.47. The number of carbonyl (C=O) groups excluding carboxylic acids is 1. The molecule has 2 aromatic rings. The average Bonchev–Trinajstić information content (AvgIpc) is 2.56. The summed E-state index contributed by atoms with van der Waals surface area (Å²) < 4.78 is 13.7. The number of carbonyl (C=O) groups is 1. The quantitative estimate of drug-likeness (QED) is 0.867. The number of fused-ring (bicyclic) bond motifs is 1. The highest BCUT2D eigenvalue weighted by atomic mass is 35.5. The first-order valence-corrected chi connectivity index (χ1v) is 8.03. The van der Waals surface area contributed by atoms with Gasteiger partial charge in [0, 0.05) is 23.2 Å². The summed E-state index contributed by atoms with van der Waals surface area (Å²) in [7, 11) is 0. The Balaban J connectivity index is 0.00000208. The molecule has 6 heteroatoms. The molecule has 0 aromatic heterocycles. The summed E-state index contributed by atoms with van der Waals surface area (Å²) in [6.45, 7) is 1.36. The Bertz CT molecular complexity index is 704. The minimum Gasteiger partial charge on any atom is -0.354 e.